The molecule has 0 fully saturated rings. The maximum Gasteiger partial charge on any atom is 0.278 e. The molecule has 1 aromatic heterocycles. The lowest BCUT2D eigenvalue weighted by molar-refractivity contribution is 0.0623. The van der Waals surface area contributed by atoms with Crippen molar-refractivity contribution in [3.63, 3.8) is 0 Å². The van der Waals surface area contributed by atoms with Crippen molar-refractivity contribution in [1.29, 1.82) is 0 Å². The monoisotopic (exact) mass is 435 g/mol. The summed E-state index contributed by atoms with van der Waals surface area (Å²) in [6, 6.07) is 7.13. The van der Waals surface area contributed by atoms with E-state index in [1.807, 2.05) is 13.0 Å². The van der Waals surface area contributed by atoms with E-state index in [0.29, 0.717) is 29.3 Å². The Bertz CT molecular complexity index is 793. The first-order valence-electron chi connectivity index (χ1n) is 8.46. The van der Waals surface area contributed by atoms with Gasteiger partial charge in [-0.3, -0.25) is 4.79 Å². The molecule has 0 aliphatic heterocycles. The first-order valence-corrected chi connectivity index (χ1v) is 9.26. The average molecular weight is 436 g/mol. The van der Waals surface area contributed by atoms with Gasteiger partial charge in [0.25, 0.3) is 5.91 Å². The number of benzene rings is 1. The molecule has 0 saturated carbocycles. The average Bonchev–Trinajstić information content (AvgIpc) is 2.61. The SMILES string of the molecule is C[C](OCCOc1ccccc1NC(=O)c1nc(Br)cnc1N)C(C)(C)C. The number of nitrogens with two attached hydrogens (primary N) is 1. The van der Waals surface area contributed by atoms with Gasteiger partial charge in [-0.05, 0) is 40.4 Å². The second-order valence-corrected chi connectivity index (χ2v) is 7.69. The van der Waals surface area contributed by atoms with Gasteiger partial charge in [0.1, 0.15) is 17.0 Å². The summed E-state index contributed by atoms with van der Waals surface area (Å²) < 4.78 is 11.9. The van der Waals surface area contributed by atoms with Crippen molar-refractivity contribution in [3.05, 3.63) is 46.9 Å². The molecule has 0 bridgehead atoms. The van der Waals surface area contributed by atoms with Crippen molar-refractivity contribution in [2.75, 3.05) is 24.3 Å². The van der Waals surface area contributed by atoms with Crippen LogP contribution in [0.2, 0.25) is 0 Å². The molecule has 1 amide bonds. The molecule has 1 aromatic carbocycles. The van der Waals surface area contributed by atoms with Crippen molar-refractivity contribution in [3.8, 4) is 5.75 Å². The van der Waals surface area contributed by atoms with E-state index in [0.717, 1.165) is 6.10 Å². The highest BCUT2D eigenvalue weighted by Crippen LogP contribution is 2.28. The first kappa shape index (κ1) is 21.1. The van der Waals surface area contributed by atoms with Crippen LogP contribution in [0.15, 0.2) is 35.1 Å². The zero-order valence-corrected chi connectivity index (χ0v) is 17.5. The molecule has 27 heavy (non-hydrogen) atoms. The smallest absolute Gasteiger partial charge is 0.278 e. The number of ether oxygens (including phenoxy) is 2. The Kier molecular flexibility index (Phi) is 7.15. The largest absolute Gasteiger partial charge is 0.489 e. The predicted octanol–water partition coefficient (Wildman–Crippen LogP) is 4.07. The molecule has 8 heteroatoms. The van der Waals surface area contributed by atoms with Crippen molar-refractivity contribution in [2.45, 2.75) is 27.7 Å². The number of para-hydroxylation sites is 2. The molecule has 2 aromatic rings. The Morgan fingerprint density at radius 2 is 1.96 bits per heavy atom. The number of hydrogen-bond donors (Lipinski definition) is 2. The lowest BCUT2D eigenvalue weighted by atomic mass is 9.90. The van der Waals surface area contributed by atoms with Gasteiger partial charge >= 0.3 is 0 Å². The van der Waals surface area contributed by atoms with Crippen LogP contribution < -0.4 is 15.8 Å². The normalized spacial score (nSPS) is 11.5. The Balaban J connectivity index is 1.99. The maximum absolute atomic E-state index is 12.5. The van der Waals surface area contributed by atoms with Crippen LogP contribution in [0.25, 0.3) is 0 Å². The summed E-state index contributed by atoms with van der Waals surface area (Å²) in [6.07, 6.45) is 2.37. The van der Waals surface area contributed by atoms with Gasteiger partial charge in [-0.15, -0.1) is 0 Å². The van der Waals surface area contributed by atoms with Gasteiger partial charge < -0.3 is 20.5 Å². The third-order valence-corrected chi connectivity index (χ3v) is 4.22. The first-order chi connectivity index (χ1) is 12.7. The van der Waals surface area contributed by atoms with Crippen LogP contribution in [-0.4, -0.2) is 29.1 Å². The number of amides is 1. The van der Waals surface area contributed by atoms with Crippen LogP contribution in [0.5, 0.6) is 5.75 Å². The molecule has 0 aliphatic rings. The Morgan fingerprint density at radius 3 is 2.67 bits per heavy atom. The Labute approximate surface area is 167 Å². The topological polar surface area (TPSA) is 99.4 Å². The molecule has 2 rings (SSSR count). The van der Waals surface area contributed by atoms with E-state index >= 15 is 0 Å². The fourth-order valence-electron chi connectivity index (χ4n) is 1.98. The van der Waals surface area contributed by atoms with Gasteiger partial charge in [0, 0.05) is 0 Å². The molecule has 3 N–H and O–H groups in total. The summed E-state index contributed by atoms with van der Waals surface area (Å²) in [7, 11) is 0. The Morgan fingerprint density at radius 1 is 1.26 bits per heavy atom. The van der Waals surface area contributed by atoms with Crippen molar-refractivity contribution < 1.29 is 14.3 Å². The molecule has 0 spiro atoms. The number of nitrogen functional groups attached to an aromatic ring is 1. The minimum atomic E-state index is -0.467. The zero-order valence-electron chi connectivity index (χ0n) is 15.9. The summed E-state index contributed by atoms with van der Waals surface area (Å²) in [5.74, 6) is 0.116. The van der Waals surface area contributed by atoms with Gasteiger partial charge in [0.05, 0.1) is 24.6 Å². The summed E-state index contributed by atoms with van der Waals surface area (Å²) in [5, 5.41) is 2.76. The third kappa shape index (κ3) is 6.18. The molecular weight excluding hydrogens is 412 g/mol. The minimum Gasteiger partial charge on any atom is -0.489 e. The molecule has 1 radical (unpaired) electrons. The standard InChI is InChI=1S/C19H24BrN4O3/c1-12(19(2,3)4)26-9-10-27-14-8-6-5-7-13(14)23-18(25)16-17(21)22-11-15(20)24-16/h5-8,11H,9-10H2,1-4H3,(H2,21,22)(H,23,25). The van der Waals surface area contributed by atoms with E-state index < -0.39 is 5.91 Å². The van der Waals surface area contributed by atoms with Crippen molar-refractivity contribution in [1.82, 2.24) is 9.97 Å². The van der Waals surface area contributed by atoms with E-state index in [-0.39, 0.29) is 16.9 Å². The number of carbonyl (C=O) groups is 1. The van der Waals surface area contributed by atoms with Gasteiger partial charge in [-0.2, -0.15) is 0 Å². The summed E-state index contributed by atoms with van der Waals surface area (Å²) >= 11 is 3.18. The minimum absolute atomic E-state index is 0.0171. The van der Waals surface area contributed by atoms with Crippen molar-refractivity contribution in [2.24, 2.45) is 5.41 Å². The molecule has 0 aliphatic carbocycles. The number of hydrogen-bond acceptors (Lipinski definition) is 6. The van der Waals surface area contributed by atoms with Gasteiger partial charge in [0.2, 0.25) is 0 Å². The van der Waals surface area contributed by atoms with Crippen LogP contribution in [-0.2, 0) is 4.74 Å². The summed E-state index contributed by atoms with van der Waals surface area (Å²) in [4.78, 5) is 20.5. The number of rotatable bonds is 7. The number of nitrogens with one attached hydrogen (secondary N) is 1. The van der Waals surface area contributed by atoms with Crippen LogP contribution in [0.3, 0.4) is 0 Å². The van der Waals surface area contributed by atoms with E-state index in [2.05, 4.69) is 52.0 Å². The van der Waals surface area contributed by atoms with E-state index in [9.17, 15) is 4.79 Å². The maximum atomic E-state index is 12.5. The van der Waals surface area contributed by atoms with E-state index in [1.165, 1.54) is 6.20 Å². The number of nitrogens with zero attached hydrogens (tertiary/aromatic N) is 2. The molecule has 0 saturated heterocycles. The van der Waals surface area contributed by atoms with E-state index in [1.54, 1.807) is 18.2 Å². The highest BCUT2D eigenvalue weighted by molar-refractivity contribution is 9.10. The quantitative estimate of drug-likeness (QED) is 0.635. The number of carbonyl (C=O) groups excluding carboxylic acids is 1. The zero-order chi connectivity index (χ0) is 20.0. The molecule has 145 valence electrons. The molecule has 0 unspecified atom stereocenters. The number of anilines is 2. The van der Waals surface area contributed by atoms with Crippen LogP contribution in [0.4, 0.5) is 11.5 Å². The lowest BCUT2D eigenvalue weighted by Crippen LogP contribution is -2.21. The highest BCUT2D eigenvalue weighted by Gasteiger charge is 2.21. The molecule has 0 atom stereocenters. The second-order valence-electron chi connectivity index (χ2n) is 6.88. The fraction of sp³-hybridized carbons (Fsp3) is 0.368. The number of halogens is 1. The van der Waals surface area contributed by atoms with Gasteiger partial charge in [-0.25, -0.2) is 9.97 Å². The van der Waals surface area contributed by atoms with Crippen LogP contribution in [0.1, 0.15) is 38.2 Å². The third-order valence-electron chi connectivity index (χ3n) is 3.84. The summed E-state index contributed by atoms with van der Waals surface area (Å²) in [6.45, 7) is 8.98. The van der Waals surface area contributed by atoms with Crippen molar-refractivity contribution >= 4 is 33.3 Å². The summed E-state index contributed by atoms with van der Waals surface area (Å²) in [5.41, 5.74) is 6.28. The predicted molar refractivity (Wildman–Crippen MR) is 108 cm³/mol. The van der Waals surface area contributed by atoms with Crippen LogP contribution in [0, 0.1) is 11.5 Å². The van der Waals surface area contributed by atoms with Gasteiger partial charge in [0.15, 0.2) is 11.5 Å². The van der Waals surface area contributed by atoms with Gasteiger partial charge in [-0.1, -0.05) is 32.9 Å². The lowest BCUT2D eigenvalue weighted by Gasteiger charge is -2.26. The molecule has 7 nitrogen and oxygen atoms in total. The van der Waals surface area contributed by atoms with E-state index in [4.69, 9.17) is 15.2 Å². The fourth-order valence-corrected chi connectivity index (χ4v) is 2.26. The second kappa shape index (κ2) is 9.14. The number of aromatic nitrogens is 2. The Hall–Kier alpha value is -2.19. The molecular formula is C19H24BrN4O3. The highest BCUT2D eigenvalue weighted by atomic mass is 79.9. The molecule has 1 heterocycles. The van der Waals surface area contributed by atoms with Crippen LogP contribution >= 0.6 is 15.9 Å².